The Morgan fingerprint density at radius 2 is 1.91 bits per heavy atom. The van der Waals surface area contributed by atoms with Crippen molar-refractivity contribution in [2.75, 3.05) is 0 Å². The van der Waals surface area contributed by atoms with Gasteiger partial charge < -0.3 is 5.32 Å². The number of benzene rings is 1. The summed E-state index contributed by atoms with van der Waals surface area (Å²) in [6.45, 7) is 0. The normalized spacial score (nSPS) is 17.3. The van der Waals surface area contributed by atoms with Crippen molar-refractivity contribution in [1.82, 2.24) is 10.3 Å². The van der Waals surface area contributed by atoms with Crippen molar-refractivity contribution in [2.24, 2.45) is 5.14 Å². The number of hydrogen-bond donors (Lipinski definition) is 2. The van der Waals surface area contributed by atoms with Crippen LogP contribution < -0.4 is 10.5 Å². The van der Waals surface area contributed by atoms with E-state index in [-0.39, 0.29) is 22.5 Å². The van der Waals surface area contributed by atoms with E-state index >= 15 is 0 Å². The molecule has 0 radical (unpaired) electrons. The van der Waals surface area contributed by atoms with Crippen LogP contribution >= 0.6 is 0 Å². The average Bonchev–Trinajstić information content (AvgIpc) is 2.54. The monoisotopic (exact) mass is 331 g/mol. The number of fused-ring (bicyclic) bond motifs is 1. The highest BCUT2D eigenvalue weighted by Gasteiger charge is 2.21. The van der Waals surface area contributed by atoms with E-state index in [4.69, 9.17) is 5.14 Å². The van der Waals surface area contributed by atoms with Crippen LogP contribution in [0.15, 0.2) is 47.5 Å². The van der Waals surface area contributed by atoms with Crippen LogP contribution in [0.25, 0.3) is 0 Å². The van der Waals surface area contributed by atoms with Crippen LogP contribution in [0.5, 0.6) is 0 Å². The summed E-state index contributed by atoms with van der Waals surface area (Å²) < 4.78 is 22.4. The molecule has 23 heavy (non-hydrogen) atoms. The number of nitrogens with two attached hydrogens (primary N) is 1. The largest absolute Gasteiger partial charge is 0.348 e. The zero-order valence-electron chi connectivity index (χ0n) is 12.4. The van der Waals surface area contributed by atoms with E-state index in [9.17, 15) is 13.2 Å². The van der Waals surface area contributed by atoms with Crippen molar-refractivity contribution < 1.29 is 13.2 Å². The lowest BCUT2D eigenvalue weighted by Gasteiger charge is -2.25. The smallest absolute Gasteiger partial charge is 0.270 e. The standard InChI is InChI=1S/C16H17N3O3S/c17-23(21,22)14-7-8-15(18-10-14)16(20)19-13-6-5-11-3-1-2-4-12(11)9-13/h1-4,7-8,10,13H,5-6,9H2,(H,19,20)(H2,17,21,22)/t13-/m1/s1. The molecule has 0 unspecified atom stereocenters. The maximum atomic E-state index is 12.2. The molecule has 0 saturated heterocycles. The van der Waals surface area contributed by atoms with Gasteiger partial charge in [-0.1, -0.05) is 24.3 Å². The Morgan fingerprint density at radius 1 is 1.17 bits per heavy atom. The number of amides is 1. The summed E-state index contributed by atoms with van der Waals surface area (Å²) in [6, 6.07) is 10.9. The number of pyridine rings is 1. The lowest BCUT2D eigenvalue weighted by atomic mass is 9.88. The van der Waals surface area contributed by atoms with Gasteiger partial charge in [-0.2, -0.15) is 0 Å². The van der Waals surface area contributed by atoms with Gasteiger partial charge in [0.25, 0.3) is 5.91 Å². The van der Waals surface area contributed by atoms with Crippen LogP contribution in [-0.4, -0.2) is 25.4 Å². The van der Waals surface area contributed by atoms with Crippen LogP contribution in [-0.2, 0) is 22.9 Å². The fourth-order valence-corrected chi connectivity index (χ4v) is 3.22. The Bertz CT molecular complexity index is 832. The lowest BCUT2D eigenvalue weighted by molar-refractivity contribution is 0.0928. The first-order chi connectivity index (χ1) is 10.9. The van der Waals surface area contributed by atoms with E-state index < -0.39 is 10.0 Å². The summed E-state index contributed by atoms with van der Waals surface area (Å²) >= 11 is 0. The molecule has 1 aliphatic carbocycles. The highest BCUT2D eigenvalue weighted by atomic mass is 32.2. The Hall–Kier alpha value is -2.25. The Labute approximate surface area is 134 Å². The minimum Gasteiger partial charge on any atom is -0.348 e. The third-order valence-corrected chi connectivity index (χ3v) is 4.88. The number of nitrogens with zero attached hydrogens (tertiary/aromatic N) is 1. The highest BCUT2D eigenvalue weighted by molar-refractivity contribution is 7.89. The second-order valence-electron chi connectivity index (χ2n) is 5.61. The van der Waals surface area contributed by atoms with Gasteiger partial charge in [-0.05, 0) is 42.5 Å². The summed E-state index contributed by atoms with van der Waals surface area (Å²) in [5.41, 5.74) is 2.76. The molecule has 1 atom stereocenters. The second kappa shape index (κ2) is 6.10. The number of hydrogen-bond acceptors (Lipinski definition) is 4. The second-order valence-corrected chi connectivity index (χ2v) is 7.17. The third-order valence-electron chi connectivity index (χ3n) is 3.98. The van der Waals surface area contributed by atoms with E-state index in [1.54, 1.807) is 0 Å². The molecule has 0 saturated carbocycles. The van der Waals surface area contributed by atoms with Crippen molar-refractivity contribution >= 4 is 15.9 Å². The molecule has 0 bridgehead atoms. The molecule has 0 aliphatic heterocycles. The van der Waals surface area contributed by atoms with Gasteiger partial charge in [0.2, 0.25) is 10.0 Å². The molecule has 0 spiro atoms. The van der Waals surface area contributed by atoms with Gasteiger partial charge in [0.15, 0.2) is 0 Å². The first kappa shape index (κ1) is 15.6. The number of aryl methyl sites for hydroxylation is 1. The predicted octanol–water partition coefficient (Wildman–Crippen LogP) is 1.02. The van der Waals surface area contributed by atoms with Gasteiger partial charge in [0.1, 0.15) is 10.6 Å². The van der Waals surface area contributed by atoms with Crippen LogP contribution in [0.3, 0.4) is 0 Å². The molecule has 0 fully saturated rings. The van der Waals surface area contributed by atoms with Gasteiger partial charge in [-0.3, -0.25) is 4.79 Å². The summed E-state index contributed by atoms with van der Waals surface area (Å²) in [5.74, 6) is -0.310. The van der Waals surface area contributed by atoms with E-state index in [0.717, 1.165) is 25.5 Å². The topological polar surface area (TPSA) is 102 Å². The molecule has 1 aromatic heterocycles. The van der Waals surface area contributed by atoms with E-state index in [0.29, 0.717) is 0 Å². The zero-order valence-corrected chi connectivity index (χ0v) is 13.2. The number of rotatable bonds is 3. The first-order valence-electron chi connectivity index (χ1n) is 7.30. The molecule has 6 nitrogen and oxygen atoms in total. The minimum absolute atomic E-state index is 0.0529. The molecule has 3 N–H and O–H groups in total. The van der Waals surface area contributed by atoms with Crippen LogP contribution in [0.4, 0.5) is 0 Å². The van der Waals surface area contributed by atoms with Crippen molar-refractivity contribution in [1.29, 1.82) is 0 Å². The van der Waals surface area contributed by atoms with Crippen LogP contribution in [0, 0.1) is 0 Å². The van der Waals surface area contributed by atoms with Gasteiger partial charge in [0, 0.05) is 12.2 Å². The Morgan fingerprint density at radius 3 is 2.57 bits per heavy atom. The molecule has 7 heteroatoms. The van der Waals surface area contributed by atoms with E-state index in [1.165, 1.54) is 23.3 Å². The molecule has 3 rings (SSSR count). The Balaban J connectivity index is 1.68. The lowest BCUT2D eigenvalue weighted by Crippen LogP contribution is -2.39. The number of primary sulfonamides is 1. The SMILES string of the molecule is NS(=O)(=O)c1ccc(C(=O)N[C@@H]2CCc3ccccc3C2)nc1. The number of carbonyl (C=O) groups excluding carboxylic acids is 1. The average molecular weight is 331 g/mol. The van der Waals surface area contributed by atoms with Gasteiger partial charge in [0.05, 0.1) is 0 Å². The number of nitrogens with one attached hydrogen (secondary N) is 1. The zero-order chi connectivity index (χ0) is 16.4. The van der Waals surface area contributed by atoms with Crippen molar-refractivity contribution in [3.8, 4) is 0 Å². The molecule has 1 aliphatic rings. The fourth-order valence-electron chi connectivity index (χ4n) is 2.76. The maximum Gasteiger partial charge on any atom is 0.270 e. The van der Waals surface area contributed by atoms with Crippen molar-refractivity contribution in [3.05, 3.63) is 59.4 Å². The molecule has 1 heterocycles. The van der Waals surface area contributed by atoms with Gasteiger partial charge in [-0.25, -0.2) is 18.5 Å². The quantitative estimate of drug-likeness (QED) is 0.876. The molecule has 120 valence electrons. The summed E-state index contributed by atoms with van der Waals surface area (Å²) in [4.78, 5) is 16.0. The fraction of sp³-hybridized carbons (Fsp3) is 0.250. The third kappa shape index (κ3) is 3.57. The molecular formula is C16H17N3O3S. The van der Waals surface area contributed by atoms with E-state index in [1.807, 2.05) is 12.1 Å². The van der Waals surface area contributed by atoms with Crippen molar-refractivity contribution in [3.63, 3.8) is 0 Å². The van der Waals surface area contributed by atoms with Gasteiger partial charge >= 0.3 is 0 Å². The number of carbonyl (C=O) groups is 1. The number of sulfonamides is 1. The molecule has 1 aromatic carbocycles. The molecule has 1 amide bonds. The van der Waals surface area contributed by atoms with Gasteiger partial charge in [-0.15, -0.1) is 0 Å². The number of aromatic nitrogens is 1. The Kier molecular flexibility index (Phi) is 4.14. The highest BCUT2D eigenvalue weighted by Crippen LogP contribution is 2.21. The van der Waals surface area contributed by atoms with Crippen LogP contribution in [0.2, 0.25) is 0 Å². The van der Waals surface area contributed by atoms with Crippen molar-refractivity contribution in [2.45, 2.75) is 30.2 Å². The maximum absolute atomic E-state index is 12.2. The summed E-state index contributed by atoms with van der Waals surface area (Å²) in [5, 5.41) is 7.96. The summed E-state index contributed by atoms with van der Waals surface area (Å²) in [6.07, 6.45) is 3.69. The summed E-state index contributed by atoms with van der Waals surface area (Å²) in [7, 11) is -3.80. The first-order valence-corrected chi connectivity index (χ1v) is 8.84. The van der Waals surface area contributed by atoms with Crippen LogP contribution in [0.1, 0.15) is 28.0 Å². The molecular weight excluding hydrogens is 314 g/mol. The van der Waals surface area contributed by atoms with E-state index in [2.05, 4.69) is 22.4 Å². The predicted molar refractivity (Wildman–Crippen MR) is 85.3 cm³/mol. The molecule has 2 aromatic rings. The minimum atomic E-state index is -3.80.